The predicted molar refractivity (Wildman–Crippen MR) is 82.8 cm³/mol. The number of methoxy groups -OCH3 is 1. The third-order valence-corrected chi connectivity index (χ3v) is 3.28. The first kappa shape index (κ1) is 15.0. The van der Waals surface area contributed by atoms with Crippen molar-refractivity contribution in [3.63, 3.8) is 0 Å². The Kier molecular flexibility index (Phi) is 4.91. The highest BCUT2D eigenvalue weighted by atomic mass is 35.5. The molecule has 0 unspecified atom stereocenters. The standard InChI is InChI=1S/C16H15ClN2O2/c1-21-15-9-13(17)8-12(16(15)20)10-19-14-4-2-11(3-5-14)6-7-18/h2-5,8-9,19-20H,6,10H2,1H3. The highest BCUT2D eigenvalue weighted by Crippen LogP contribution is 2.33. The summed E-state index contributed by atoms with van der Waals surface area (Å²) >= 11 is 5.99. The molecule has 0 bridgehead atoms. The predicted octanol–water partition coefficient (Wildman–Crippen LogP) is 3.73. The molecule has 0 heterocycles. The Bertz CT molecular complexity index is 663. The number of aromatic hydroxyl groups is 1. The number of benzene rings is 2. The minimum absolute atomic E-state index is 0.0792. The van der Waals surface area contributed by atoms with Crippen LogP contribution in [0, 0.1) is 11.3 Å². The smallest absolute Gasteiger partial charge is 0.162 e. The maximum absolute atomic E-state index is 10.0. The zero-order chi connectivity index (χ0) is 15.2. The number of anilines is 1. The Hall–Kier alpha value is -2.38. The van der Waals surface area contributed by atoms with Gasteiger partial charge in [-0.1, -0.05) is 23.7 Å². The molecule has 2 aromatic rings. The lowest BCUT2D eigenvalue weighted by Crippen LogP contribution is -2.01. The van der Waals surface area contributed by atoms with Crippen molar-refractivity contribution in [3.05, 3.63) is 52.5 Å². The van der Waals surface area contributed by atoms with E-state index in [-0.39, 0.29) is 5.75 Å². The quantitative estimate of drug-likeness (QED) is 0.883. The molecule has 0 saturated heterocycles. The minimum atomic E-state index is 0.0792. The van der Waals surface area contributed by atoms with Crippen LogP contribution < -0.4 is 10.1 Å². The van der Waals surface area contributed by atoms with Gasteiger partial charge in [-0.05, 0) is 23.8 Å². The van der Waals surface area contributed by atoms with E-state index in [2.05, 4.69) is 11.4 Å². The molecule has 0 aromatic heterocycles. The largest absolute Gasteiger partial charge is 0.504 e. The van der Waals surface area contributed by atoms with Gasteiger partial charge in [0.05, 0.1) is 19.6 Å². The van der Waals surface area contributed by atoms with Crippen molar-refractivity contribution >= 4 is 17.3 Å². The van der Waals surface area contributed by atoms with E-state index in [9.17, 15) is 5.11 Å². The van der Waals surface area contributed by atoms with Gasteiger partial charge in [-0.3, -0.25) is 0 Å². The second kappa shape index (κ2) is 6.87. The van der Waals surface area contributed by atoms with E-state index in [0.717, 1.165) is 11.3 Å². The Labute approximate surface area is 128 Å². The first-order valence-corrected chi connectivity index (χ1v) is 6.77. The van der Waals surface area contributed by atoms with Gasteiger partial charge in [0.25, 0.3) is 0 Å². The SMILES string of the molecule is COc1cc(Cl)cc(CNc2ccc(CC#N)cc2)c1O. The Balaban J connectivity index is 2.09. The second-order valence-corrected chi connectivity index (χ2v) is 4.94. The fraction of sp³-hybridized carbons (Fsp3) is 0.188. The maximum Gasteiger partial charge on any atom is 0.162 e. The van der Waals surface area contributed by atoms with Crippen molar-refractivity contribution in [3.8, 4) is 17.6 Å². The van der Waals surface area contributed by atoms with Crippen LogP contribution in [0.3, 0.4) is 0 Å². The first-order chi connectivity index (χ1) is 10.1. The molecule has 0 aliphatic carbocycles. The Morgan fingerprint density at radius 1 is 1.29 bits per heavy atom. The lowest BCUT2D eigenvalue weighted by Gasteiger charge is -2.12. The number of rotatable bonds is 5. The minimum Gasteiger partial charge on any atom is -0.504 e. The summed E-state index contributed by atoms with van der Waals surface area (Å²) in [6, 6.07) is 12.9. The molecular weight excluding hydrogens is 288 g/mol. The molecule has 4 nitrogen and oxygen atoms in total. The van der Waals surface area contributed by atoms with E-state index in [0.29, 0.717) is 29.3 Å². The molecule has 0 spiro atoms. The number of hydrogen-bond acceptors (Lipinski definition) is 4. The zero-order valence-electron chi connectivity index (χ0n) is 11.6. The van der Waals surface area contributed by atoms with Gasteiger partial charge in [0, 0.05) is 28.9 Å². The zero-order valence-corrected chi connectivity index (χ0v) is 12.3. The monoisotopic (exact) mass is 302 g/mol. The van der Waals surface area contributed by atoms with Crippen LogP contribution >= 0.6 is 11.6 Å². The molecule has 108 valence electrons. The van der Waals surface area contributed by atoms with Gasteiger partial charge >= 0.3 is 0 Å². The summed E-state index contributed by atoms with van der Waals surface area (Å²) in [5.74, 6) is 0.430. The van der Waals surface area contributed by atoms with E-state index < -0.39 is 0 Å². The maximum atomic E-state index is 10.0. The average Bonchev–Trinajstić information content (AvgIpc) is 2.49. The number of hydrogen-bond donors (Lipinski definition) is 2. The molecule has 2 rings (SSSR count). The van der Waals surface area contributed by atoms with Crippen LogP contribution in [0.5, 0.6) is 11.5 Å². The summed E-state index contributed by atoms with van der Waals surface area (Å²) in [7, 11) is 1.48. The number of nitrogens with zero attached hydrogens (tertiary/aromatic N) is 1. The molecule has 0 radical (unpaired) electrons. The molecule has 2 N–H and O–H groups in total. The van der Waals surface area contributed by atoms with Crippen molar-refractivity contribution in [2.24, 2.45) is 0 Å². The molecule has 0 aliphatic rings. The van der Waals surface area contributed by atoms with Crippen LogP contribution in [0.15, 0.2) is 36.4 Å². The fourth-order valence-electron chi connectivity index (χ4n) is 1.95. The van der Waals surface area contributed by atoms with Gasteiger partial charge in [0.2, 0.25) is 0 Å². The van der Waals surface area contributed by atoms with Crippen molar-refractivity contribution in [2.75, 3.05) is 12.4 Å². The Morgan fingerprint density at radius 2 is 2.00 bits per heavy atom. The molecule has 21 heavy (non-hydrogen) atoms. The first-order valence-electron chi connectivity index (χ1n) is 6.39. The van der Waals surface area contributed by atoms with Gasteiger partial charge in [0.15, 0.2) is 11.5 Å². The van der Waals surface area contributed by atoms with E-state index in [1.807, 2.05) is 24.3 Å². The van der Waals surface area contributed by atoms with Gasteiger partial charge in [-0.25, -0.2) is 0 Å². The third kappa shape index (κ3) is 3.80. The highest BCUT2D eigenvalue weighted by Gasteiger charge is 2.09. The van der Waals surface area contributed by atoms with Crippen LogP contribution in [-0.2, 0) is 13.0 Å². The van der Waals surface area contributed by atoms with Gasteiger partial charge in [-0.15, -0.1) is 0 Å². The molecule has 5 heteroatoms. The summed E-state index contributed by atoms with van der Waals surface area (Å²) in [5, 5.41) is 22.4. The van der Waals surface area contributed by atoms with Crippen LogP contribution in [-0.4, -0.2) is 12.2 Å². The molecule has 0 saturated carbocycles. The summed E-state index contributed by atoms with van der Waals surface area (Å²) < 4.78 is 5.07. The van der Waals surface area contributed by atoms with Crippen molar-refractivity contribution < 1.29 is 9.84 Å². The number of halogens is 1. The second-order valence-electron chi connectivity index (χ2n) is 4.50. The van der Waals surface area contributed by atoms with Gasteiger partial charge < -0.3 is 15.2 Å². The molecule has 0 atom stereocenters. The Morgan fingerprint density at radius 3 is 2.62 bits per heavy atom. The lowest BCUT2D eigenvalue weighted by molar-refractivity contribution is 0.371. The highest BCUT2D eigenvalue weighted by molar-refractivity contribution is 6.30. The summed E-state index contributed by atoms with van der Waals surface area (Å²) in [6.07, 6.45) is 0.395. The molecule has 0 amide bonds. The number of phenolic OH excluding ortho intramolecular Hbond substituents is 1. The lowest BCUT2D eigenvalue weighted by atomic mass is 10.1. The van der Waals surface area contributed by atoms with Gasteiger partial charge in [0.1, 0.15) is 0 Å². The summed E-state index contributed by atoms with van der Waals surface area (Å²) in [4.78, 5) is 0. The number of phenols is 1. The number of nitriles is 1. The van der Waals surface area contributed by atoms with Crippen molar-refractivity contribution in [2.45, 2.75) is 13.0 Å². The molecular formula is C16H15ClN2O2. The average molecular weight is 303 g/mol. The molecule has 2 aromatic carbocycles. The third-order valence-electron chi connectivity index (χ3n) is 3.06. The van der Waals surface area contributed by atoms with Crippen molar-refractivity contribution in [1.82, 2.24) is 0 Å². The van der Waals surface area contributed by atoms with Crippen LogP contribution in [0.4, 0.5) is 5.69 Å². The van der Waals surface area contributed by atoms with Gasteiger partial charge in [-0.2, -0.15) is 5.26 Å². The number of nitrogens with one attached hydrogen (secondary N) is 1. The normalized spacial score (nSPS) is 9.95. The topological polar surface area (TPSA) is 65.3 Å². The summed E-state index contributed by atoms with van der Waals surface area (Å²) in [5.41, 5.74) is 2.52. The summed E-state index contributed by atoms with van der Waals surface area (Å²) in [6.45, 7) is 0.417. The molecule has 0 aliphatic heterocycles. The van der Waals surface area contributed by atoms with E-state index in [4.69, 9.17) is 21.6 Å². The van der Waals surface area contributed by atoms with Crippen LogP contribution in [0.1, 0.15) is 11.1 Å². The van der Waals surface area contributed by atoms with Crippen LogP contribution in [0.2, 0.25) is 5.02 Å². The van der Waals surface area contributed by atoms with E-state index >= 15 is 0 Å². The van der Waals surface area contributed by atoms with Crippen molar-refractivity contribution in [1.29, 1.82) is 5.26 Å². The van der Waals surface area contributed by atoms with Crippen LogP contribution in [0.25, 0.3) is 0 Å². The van der Waals surface area contributed by atoms with E-state index in [1.165, 1.54) is 7.11 Å². The number of ether oxygens (including phenoxy) is 1. The molecule has 0 fully saturated rings. The fourth-order valence-corrected chi connectivity index (χ4v) is 2.18. The van der Waals surface area contributed by atoms with E-state index in [1.54, 1.807) is 12.1 Å².